The topological polar surface area (TPSA) is 116 Å². The fraction of sp³-hybridized carbons (Fsp3) is 0.609. The molecular weight excluding hydrogens is 444 g/mol. The second-order valence-electron chi connectivity index (χ2n) is 9.48. The molecule has 0 aromatic heterocycles. The first-order valence-corrected chi connectivity index (χ1v) is 13.2. The van der Waals surface area contributed by atoms with Crippen molar-refractivity contribution in [1.82, 2.24) is 20.1 Å². The summed E-state index contributed by atoms with van der Waals surface area (Å²) in [5.74, 6) is -0.310. The molecule has 0 atom stereocenters. The Bertz CT molecular complexity index is 1010. The summed E-state index contributed by atoms with van der Waals surface area (Å²) in [6.07, 6.45) is 6.12. The third kappa shape index (κ3) is 4.91. The van der Waals surface area contributed by atoms with Gasteiger partial charge in [0.2, 0.25) is 15.9 Å². The minimum Gasteiger partial charge on any atom is -0.322 e. The number of rotatable bonds is 6. The zero-order valence-electron chi connectivity index (χ0n) is 19.0. The maximum Gasteiger partial charge on any atom is 0.344 e. The van der Waals surface area contributed by atoms with Crippen LogP contribution in [0.2, 0.25) is 0 Å². The molecule has 3 aliphatic rings. The Labute approximate surface area is 194 Å². The van der Waals surface area contributed by atoms with Crippen molar-refractivity contribution < 1.29 is 22.8 Å². The lowest BCUT2D eigenvalue weighted by atomic mass is 9.77. The van der Waals surface area contributed by atoms with E-state index in [2.05, 4.69) is 17.7 Å². The molecule has 0 unspecified atom stereocenters. The van der Waals surface area contributed by atoms with Gasteiger partial charge in [-0.25, -0.2) is 13.2 Å². The van der Waals surface area contributed by atoms with Crippen LogP contribution in [0.3, 0.4) is 0 Å². The van der Waals surface area contributed by atoms with E-state index < -0.39 is 27.5 Å². The molecule has 4 amide bonds. The largest absolute Gasteiger partial charge is 0.344 e. The van der Waals surface area contributed by atoms with Crippen LogP contribution in [-0.2, 0) is 26.0 Å². The van der Waals surface area contributed by atoms with Crippen molar-refractivity contribution in [3.63, 3.8) is 0 Å². The molecule has 2 saturated heterocycles. The molecule has 180 valence electrons. The number of urea groups is 1. The van der Waals surface area contributed by atoms with E-state index >= 15 is 0 Å². The van der Waals surface area contributed by atoms with Gasteiger partial charge in [0.15, 0.2) is 0 Å². The molecule has 0 bridgehead atoms. The molecule has 2 aliphatic heterocycles. The van der Waals surface area contributed by atoms with Crippen molar-refractivity contribution >= 4 is 27.9 Å². The molecule has 1 spiro atoms. The number of benzene rings is 1. The normalized spacial score (nSPS) is 26.5. The number of nitrogens with one attached hydrogen (secondary N) is 2. The molecule has 1 aliphatic carbocycles. The number of sulfonamides is 1. The Morgan fingerprint density at radius 1 is 1.09 bits per heavy atom. The monoisotopic (exact) mass is 476 g/mol. The molecule has 1 aromatic rings. The Balaban J connectivity index is 1.31. The van der Waals surface area contributed by atoms with Gasteiger partial charge in [-0.2, -0.15) is 9.31 Å². The van der Waals surface area contributed by atoms with Crippen molar-refractivity contribution in [1.29, 1.82) is 0 Å². The number of imide groups is 1. The van der Waals surface area contributed by atoms with Gasteiger partial charge in [0.1, 0.15) is 5.54 Å². The molecule has 0 radical (unpaired) electrons. The van der Waals surface area contributed by atoms with Crippen LogP contribution in [0.1, 0.15) is 63.9 Å². The van der Waals surface area contributed by atoms with Gasteiger partial charge in [-0.05, 0) is 68.6 Å². The van der Waals surface area contributed by atoms with Crippen molar-refractivity contribution in [3.8, 4) is 0 Å². The van der Waals surface area contributed by atoms with E-state index in [9.17, 15) is 22.8 Å². The zero-order chi connectivity index (χ0) is 23.6. The van der Waals surface area contributed by atoms with Crippen LogP contribution in [0, 0.1) is 5.92 Å². The molecule has 9 nitrogen and oxygen atoms in total. The SMILES string of the molecule is CC1CCC2(CC1)NC(=O)N(NC(=O)CCc1ccc(S(=O)(=O)N3CCCCC3)cc1)C2=O. The quantitative estimate of drug-likeness (QED) is 0.612. The van der Waals surface area contributed by atoms with Crippen LogP contribution >= 0.6 is 0 Å². The Kier molecular flexibility index (Phi) is 6.76. The molecule has 10 heteroatoms. The molecule has 33 heavy (non-hydrogen) atoms. The first-order chi connectivity index (χ1) is 15.7. The van der Waals surface area contributed by atoms with Gasteiger partial charge in [0.25, 0.3) is 5.91 Å². The van der Waals surface area contributed by atoms with Crippen LogP contribution in [0.25, 0.3) is 0 Å². The molecular formula is C23H32N4O5S. The number of nitrogens with zero attached hydrogens (tertiary/aromatic N) is 2. The Morgan fingerprint density at radius 3 is 2.36 bits per heavy atom. The predicted octanol–water partition coefficient (Wildman–Crippen LogP) is 2.33. The first-order valence-electron chi connectivity index (χ1n) is 11.8. The third-order valence-electron chi connectivity index (χ3n) is 7.04. The van der Waals surface area contributed by atoms with Gasteiger partial charge in [0, 0.05) is 19.5 Å². The van der Waals surface area contributed by atoms with E-state index in [4.69, 9.17) is 0 Å². The lowest BCUT2D eigenvalue weighted by Gasteiger charge is -2.33. The van der Waals surface area contributed by atoms with Crippen molar-refractivity contribution in [2.45, 2.75) is 75.1 Å². The average molecular weight is 477 g/mol. The number of hydrazine groups is 1. The second kappa shape index (κ2) is 9.42. The highest BCUT2D eigenvalue weighted by molar-refractivity contribution is 7.89. The Hall–Kier alpha value is -2.46. The van der Waals surface area contributed by atoms with Crippen LogP contribution in [0.4, 0.5) is 4.79 Å². The van der Waals surface area contributed by atoms with Gasteiger partial charge >= 0.3 is 6.03 Å². The summed E-state index contributed by atoms with van der Waals surface area (Å²) in [7, 11) is -3.49. The predicted molar refractivity (Wildman–Crippen MR) is 121 cm³/mol. The highest BCUT2D eigenvalue weighted by atomic mass is 32.2. The summed E-state index contributed by atoms with van der Waals surface area (Å²) < 4.78 is 27.0. The standard InChI is InChI=1S/C23H32N4O5S/c1-17-11-13-23(14-12-17)21(29)27(22(30)24-23)25-20(28)10-7-18-5-8-19(9-6-18)33(31,32)26-15-3-2-4-16-26/h5-6,8-9,17H,2-4,7,10-16H2,1H3,(H,24,30)(H,25,28). The average Bonchev–Trinajstić information content (AvgIpc) is 3.04. The summed E-state index contributed by atoms with van der Waals surface area (Å²) in [5.41, 5.74) is 2.35. The number of aryl methyl sites for hydroxylation is 1. The minimum absolute atomic E-state index is 0.0688. The molecule has 1 saturated carbocycles. The zero-order valence-corrected chi connectivity index (χ0v) is 19.8. The lowest BCUT2D eigenvalue weighted by molar-refractivity contribution is -0.140. The van der Waals surface area contributed by atoms with Crippen LogP contribution in [0.15, 0.2) is 29.2 Å². The summed E-state index contributed by atoms with van der Waals surface area (Å²) in [6.45, 7) is 3.23. The van der Waals surface area contributed by atoms with Gasteiger partial charge in [-0.3, -0.25) is 15.0 Å². The number of amides is 4. The maximum atomic E-state index is 12.8. The lowest BCUT2D eigenvalue weighted by Crippen LogP contribution is -2.51. The van der Waals surface area contributed by atoms with Gasteiger partial charge in [-0.1, -0.05) is 25.5 Å². The number of carbonyl (C=O) groups is 3. The number of piperidine rings is 1. The molecule has 1 aromatic carbocycles. The van der Waals surface area contributed by atoms with Crippen molar-refractivity contribution in [2.24, 2.45) is 5.92 Å². The number of carbonyl (C=O) groups excluding carboxylic acids is 3. The summed E-state index contributed by atoms with van der Waals surface area (Å²) >= 11 is 0. The highest BCUT2D eigenvalue weighted by Crippen LogP contribution is 2.35. The fourth-order valence-electron chi connectivity index (χ4n) is 4.84. The van der Waals surface area contributed by atoms with E-state index in [1.54, 1.807) is 24.3 Å². The van der Waals surface area contributed by atoms with E-state index in [0.717, 1.165) is 42.7 Å². The van der Waals surface area contributed by atoms with Crippen LogP contribution in [-0.4, -0.2) is 54.2 Å². The highest BCUT2D eigenvalue weighted by Gasteiger charge is 2.52. The van der Waals surface area contributed by atoms with E-state index in [-0.39, 0.29) is 17.2 Å². The van der Waals surface area contributed by atoms with Crippen LogP contribution < -0.4 is 10.7 Å². The number of hydrogen-bond acceptors (Lipinski definition) is 5. The number of hydrogen-bond donors (Lipinski definition) is 2. The summed E-state index contributed by atoms with van der Waals surface area (Å²) in [6, 6.07) is 5.96. The second-order valence-corrected chi connectivity index (χ2v) is 11.4. The summed E-state index contributed by atoms with van der Waals surface area (Å²) in [4.78, 5) is 37.9. The van der Waals surface area contributed by atoms with Crippen molar-refractivity contribution in [3.05, 3.63) is 29.8 Å². The first kappa shape index (κ1) is 23.7. The smallest absolute Gasteiger partial charge is 0.322 e. The third-order valence-corrected chi connectivity index (χ3v) is 8.96. The van der Waals surface area contributed by atoms with Crippen molar-refractivity contribution in [2.75, 3.05) is 13.1 Å². The van der Waals surface area contributed by atoms with E-state index in [1.807, 2.05) is 0 Å². The summed E-state index contributed by atoms with van der Waals surface area (Å²) in [5, 5.41) is 3.59. The van der Waals surface area contributed by atoms with Gasteiger partial charge < -0.3 is 5.32 Å². The maximum absolute atomic E-state index is 12.8. The van der Waals surface area contributed by atoms with Crippen LogP contribution in [0.5, 0.6) is 0 Å². The van der Waals surface area contributed by atoms with Gasteiger partial charge in [0.05, 0.1) is 4.90 Å². The fourth-order valence-corrected chi connectivity index (χ4v) is 6.35. The minimum atomic E-state index is -3.49. The molecule has 2 N–H and O–H groups in total. The molecule has 3 fully saturated rings. The molecule has 2 heterocycles. The molecule has 4 rings (SSSR count). The van der Waals surface area contributed by atoms with E-state index in [0.29, 0.717) is 38.3 Å². The Morgan fingerprint density at radius 2 is 1.73 bits per heavy atom. The van der Waals surface area contributed by atoms with Gasteiger partial charge in [-0.15, -0.1) is 0 Å². The van der Waals surface area contributed by atoms with E-state index in [1.165, 1.54) is 4.31 Å².